The van der Waals surface area contributed by atoms with E-state index in [1.54, 1.807) is 0 Å². The fourth-order valence-electron chi connectivity index (χ4n) is 0.0504. The maximum atomic E-state index is 9.56. The zero-order valence-corrected chi connectivity index (χ0v) is 4.83. The van der Waals surface area contributed by atoms with Gasteiger partial charge in [-0.2, -0.15) is 0 Å². The Morgan fingerprint density at radius 2 is 1.64 bits per heavy atom. The molecule has 0 amide bonds. The van der Waals surface area contributed by atoms with Gasteiger partial charge >= 0.3 is 38.8 Å². The van der Waals surface area contributed by atoms with Crippen molar-refractivity contribution >= 4 is 63.1 Å². The molecule has 0 atom stereocenters. The molecule has 0 saturated heterocycles. The summed E-state index contributed by atoms with van der Waals surface area (Å²) in [4.78, 5) is 18.9. The van der Waals surface area contributed by atoms with Crippen LogP contribution in [0.4, 0.5) is 0 Å². The molecular formula is C2H8Al2B2LiO4. The third-order valence-electron chi connectivity index (χ3n) is 0.282. The van der Waals surface area contributed by atoms with Gasteiger partial charge in [0.2, 0.25) is 0 Å². The molecule has 53 valence electrons. The molecule has 0 saturated carbocycles. The SMILES string of the molecule is [AlH3].[AlH3].[B].[B]OC(=O)C(=O)O.[H-].[Li+]. The first-order valence-electron chi connectivity index (χ1n) is 1.32. The number of carbonyl (C=O) groups is 2. The molecule has 11 heavy (non-hydrogen) atoms. The molecule has 0 aliphatic carbocycles. The van der Waals surface area contributed by atoms with Crippen LogP contribution >= 0.6 is 0 Å². The van der Waals surface area contributed by atoms with Crippen molar-refractivity contribution in [1.82, 2.24) is 0 Å². The summed E-state index contributed by atoms with van der Waals surface area (Å²) in [5, 5.41) is 7.63. The molecule has 0 aliphatic heterocycles. The molecule has 0 aromatic carbocycles. The van der Waals surface area contributed by atoms with E-state index in [1.165, 1.54) is 0 Å². The Kier molecular flexibility index (Phi) is 46.1. The van der Waals surface area contributed by atoms with Gasteiger partial charge in [0.15, 0.2) is 34.7 Å². The second-order valence-electron chi connectivity index (χ2n) is 0.710. The summed E-state index contributed by atoms with van der Waals surface area (Å²) in [6, 6.07) is 0. The summed E-state index contributed by atoms with van der Waals surface area (Å²) in [6.45, 7) is 0. The minimum absolute atomic E-state index is 0. The van der Waals surface area contributed by atoms with E-state index in [1.807, 2.05) is 0 Å². The molecule has 0 rings (SSSR count). The predicted octanol–water partition coefficient (Wildman–Crippen LogP) is -6.93. The Labute approximate surface area is 102 Å². The maximum absolute atomic E-state index is 9.56. The van der Waals surface area contributed by atoms with E-state index in [-0.39, 0.29) is 63.4 Å². The number of aliphatic carboxylic acids is 1. The van der Waals surface area contributed by atoms with E-state index in [9.17, 15) is 9.59 Å². The average molecular weight is 179 g/mol. The van der Waals surface area contributed by atoms with Crippen molar-refractivity contribution < 1.29 is 39.6 Å². The van der Waals surface area contributed by atoms with Crippen molar-refractivity contribution in [2.75, 3.05) is 0 Å². The molecule has 0 unspecified atom stereocenters. The minimum Gasteiger partial charge on any atom is -1.00 e. The first kappa shape index (κ1) is 29.8. The van der Waals surface area contributed by atoms with Crippen molar-refractivity contribution in [2.24, 2.45) is 0 Å². The second-order valence-corrected chi connectivity index (χ2v) is 0.710. The van der Waals surface area contributed by atoms with Crippen molar-refractivity contribution in [1.29, 1.82) is 0 Å². The fraction of sp³-hybridized carbons (Fsp3) is 0. The van der Waals surface area contributed by atoms with Gasteiger partial charge in [-0.15, -0.1) is 0 Å². The van der Waals surface area contributed by atoms with Gasteiger partial charge in [-0.25, -0.2) is 9.59 Å². The number of carbonyl (C=O) groups excluding carboxylic acids is 1. The molecule has 0 fully saturated rings. The van der Waals surface area contributed by atoms with Crippen LogP contribution in [0.3, 0.4) is 0 Å². The summed E-state index contributed by atoms with van der Waals surface area (Å²) >= 11 is 0. The molecule has 5 radical (unpaired) electrons. The third-order valence-corrected chi connectivity index (χ3v) is 0.282. The number of hydrogen-bond donors (Lipinski definition) is 1. The van der Waals surface area contributed by atoms with Crippen LogP contribution < -0.4 is 18.9 Å². The molecule has 1 N–H and O–H groups in total. The average Bonchev–Trinajstić information content (AvgIpc) is 1.65. The molecule has 0 bridgehead atoms. The van der Waals surface area contributed by atoms with E-state index in [4.69, 9.17) is 5.11 Å². The van der Waals surface area contributed by atoms with Crippen molar-refractivity contribution in [2.45, 2.75) is 0 Å². The normalized spacial score (nSPS) is 4.73. The Morgan fingerprint density at radius 1 is 1.36 bits per heavy atom. The second kappa shape index (κ2) is 17.0. The Bertz CT molecular complexity index is 117. The molecular weight excluding hydrogens is 171 g/mol. The van der Waals surface area contributed by atoms with Crippen LogP contribution in [0.25, 0.3) is 0 Å². The minimum atomic E-state index is -1.69. The van der Waals surface area contributed by atoms with Gasteiger partial charge in [-0.05, 0) is 0 Å². The summed E-state index contributed by atoms with van der Waals surface area (Å²) in [5.41, 5.74) is 0. The van der Waals surface area contributed by atoms with E-state index in [0.717, 1.165) is 0 Å². The molecule has 4 nitrogen and oxygen atoms in total. The van der Waals surface area contributed by atoms with Crippen LogP contribution in [0.5, 0.6) is 0 Å². The van der Waals surface area contributed by atoms with Gasteiger partial charge in [-0.1, -0.05) is 0 Å². The predicted molar refractivity (Wildman–Crippen MR) is 46.2 cm³/mol. The molecule has 0 heterocycles. The summed E-state index contributed by atoms with van der Waals surface area (Å²) < 4.78 is 3.27. The Morgan fingerprint density at radius 3 is 1.64 bits per heavy atom. The van der Waals surface area contributed by atoms with Gasteiger partial charge in [0.25, 0.3) is 0 Å². The number of hydrogen-bond acceptors (Lipinski definition) is 3. The largest absolute Gasteiger partial charge is 1.00 e. The zero-order chi connectivity index (χ0) is 5.86. The first-order valence-corrected chi connectivity index (χ1v) is 1.32. The number of carboxylic acid groups (broad SMARTS) is 1. The summed E-state index contributed by atoms with van der Waals surface area (Å²) in [7, 11) is 4.14. The van der Waals surface area contributed by atoms with E-state index in [0.29, 0.717) is 0 Å². The third kappa shape index (κ3) is 18.1. The monoisotopic (exact) mass is 179 g/mol. The molecule has 0 aromatic heterocycles. The van der Waals surface area contributed by atoms with E-state index < -0.39 is 11.9 Å². The van der Waals surface area contributed by atoms with Crippen molar-refractivity contribution in [3.8, 4) is 0 Å². The van der Waals surface area contributed by atoms with Crippen LogP contribution in [0.15, 0.2) is 0 Å². The van der Waals surface area contributed by atoms with Crippen LogP contribution in [0.1, 0.15) is 1.43 Å². The molecule has 0 spiro atoms. The van der Waals surface area contributed by atoms with Crippen LogP contribution in [-0.4, -0.2) is 68.2 Å². The van der Waals surface area contributed by atoms with Gasteiger partial charge in [0.05, 0.1) is 0 Å². The summed E-state index contributed by atoms with van der Waals surface area (Å²) in [6.07, 6.45) is 0. The van der Waals surface area contributed by atoms with E-state index >= 15 is 0 Å². The van der Waals surface area contributed by atoms with Crippen molar-refractivity contribution in [3.05, 3.63) is 0 Å². The van der Waals surface area contributed by atoms with Gasteiger partial charge < -0.3 is 11.2 Å². The van der Waals surface area contributed by atoms with E-state index in [2.05, 4.69) is 12.7 Å². The quantitative estimate of drug-likeness (QED) is 0.296. The Balaban J connectivity index is -0.0000000180. The molecule has 0 aromatic rings. The smallest absolute Gasteiger partial charge is 1.00 e. The van der Waals surface area contributed by atoms with Gasteiger partial charge in [0, 0.05) is 8.41 Å². The Hall–Kier alpha value is 0.732. The summed E-state index contributed by atoms with van der Waals surface area (Å²) in [5.74, 6) is -3.15. The number of rotatable bonds is 0. The standard InChI is InChI=1S/C2HBO4.2Al.B.Li.7H/c3-7-2(6)1(4)5;;;;;;;;;;;/h(H,4,5);;;;;;;;;;;/q;;;;+1;;;;;;;-1. The molecule has 0 aliphatic rings. The van der Waals surface area contributed by atoms with Gasteiger partial charge in [-0.3, -0.25) is 0 Å². The van der Waals surface area contributed by atoms with Gasteiger partial charge in [0.1, 0.15) is 0 Å². The topological polar surface area (TPSA) is 63.6 Å². The first-order chi connectivity index (χ1) is 3.18. The van der Waals surface area contributed by atoms with Crippen LogP contribution in [0.2, 0.25) is 0 Å². The number of carboxylic acids is 1. The molecule has 9 heteroatoms. The van der Waals surface area contributed by atoms with Crippen molar-refractivity contribution in [3.63, 3.8) is 0 Å². The fourth-order valence-corrected chi connectivity index (χ4v) is 0.0504. The van der Waals surface area contributed by atoms with Crippen LogP contribution in [-0.2, 0) is 14.2 Å². The zero-order valence-electron chi connectivity index (χ0n) is 5.83. The maximum Gasteiger partial charge on any atom is 1.00 e. The van der Waals surface area contributed by atoms with Crippen LogP contribution in [0, 0.1) is 0 Å².